The molecule has 4 aliphatic heterocycles. The molecule has 0 spiro atoms. The van der Waals surface area contributed by atoms with Crippen LogP contribution in [0.4, 0.5) is 11.6 Å². The Morgan fingerprint density at radius 1 is 0.623 bits per heavy atom. The van der Waals surface area contributed by atoms with Crippen LogP contribution in [-0.2, 0) is 21.3 Å². The summed E-state index contributed by atoms with van der Waals surface area (Å²) in [6.45, 7) is 15.4. The molecule has 0 amide bonds. The van der Waals surface area contributed by atoms with Crippen molar-refractivity contribution >= 4 is 85.9 Å². The molecular formula is C56H69BrCl4N12O4. The van der Waals surface area contributed by atoms with Gasteiger partial charge in [-0.1, -0.05) is 88.3 Å². The lowest BCUT2D eigenvalue weighted by atomic mass is 9.97. The van der Waals surface area contributed by atoms with Crippen LogP contribution < -0.4 is 15.1 Å². The number of alkyl halides is 1. The predicted molar refractivity (Wildman–Crippen MR) is 312 cm³/mol. The minimum atomic E-state index is -0.364. The molecule has 4 aliphatic rings. The zero-order valence-electron chi connectivity index (χ0n) is 44.2. The zero-order chi connectivity index (χ0) is 54.4. The summed E-state index contributed by atoms with van der Waals surface area (Å²) < 4.78 is 9.58. The number of benzene rings is 2. The Morgan fingerprint density at radius 3 is 1.52 bits per heavy atom. The van der Waals surface area contributed by atoms with Crippen LogP contribution in [0.5, 0.6) is 0 Å². The third-order valence-corrected chi connectivity index (χ3v) is 16.7. The number of likely N-dealkylation sites (tertiary alicyclic amines) is 1. The van der Waals surface area contributed by atoms with Gasteiger partial charge in [0.2, 0.25) is 0 Å². The molecule has 16 nitrogen and oxygen atoms in total. The number of aromatic nitrogens is 6. The molecule has 77 heavy (non-hydrogen) atoms. The Morgan fingerprint density at radius 2 is 1.09 bits per heavy atom. The van der Waals surface area contributed by atoms with Gasteiger partial charge in [-0.25, -0.2) is 29.5 Å². The summed E-state index contributed by atoms with van der Waals surface area (Å²) in [6.07, 6.45) is 17.7. The van der Waals surface area contributed by atoms with Gasteiger partial charge in [-0.3, -0.25) is 14.7 Å². The Balaban J connectivity index is 0.000000173. The highest BCUT2D eigenvalue weighted by atomic mass is 79.9. The predicted octanol–water partition coefficient (Wildman–Crippen LogP) is 10.9. The van der Waals surface area contributed by atoms with E-state index < -0.39 is 0 Å². The molecule has 4 fully saturated rings. The molecule has 4 saturated heterocycles. The molecule has 0 saturated carbocycles. The number of aromatic amines is 2. The van der Waals surface area contributed by atoms with Crippen LogP contribution in [0.2, 0.25) is 20.1 Å². The Bertz CT molecular complexity index is 2850. The minimum absolute atomic E-state index is 0.341. The van der Waals surface area contributed by atoms with E-state index in [1.165, 1.54) is 27.1 Å². The molecule has 6 aromatic rings. The third kappa shape index (κ3) is 14.9. The standard InChI is InChI=1S/C28H34Cl2N6O2.C19H27ClN6.C9H8BrClO2/c1-3-22-18-35(27-25(30)14-20(16-33-27)26-31-8-9-32-26)12-13-36(22)23-6-10-34(11-7-23)17-19-4-5-21(29)15-24(19)28(37)38-2;1-2-15-13-25(9-10-26(15)16-3-5-21-6-4-16)19-17(20)11-14(12-24-19)18-22-7-8-23-18;1-13-9(12)8-4-7(11)3-2-6(8)5-10/h4-5,8-9,14-16,22-23H,3,6-7,10-13,17-18H2,1-2H3,(H,31,32);7-8,11-12,15-16,21H,2-6,9-10,13H2,1H3,(H,22,23);2-4H,5H2,1H3/t22-;15-;/m00./s1. The Kier molecular flexibility index (Phi) is 21.5. The SMILES string of the molecule is CC[C@H]1CN(c2ncc(-c3ncc[nH]3)cc2Cl)CCN1C1CCN(Cc2ccc(Cl)cc2C(=O)OC)CC1.CC[C@H]1CN(c2ncc(-c3ncc[nH]3)cc2Cl)CCN1C1CCNCC1.COC(=O)c1cc(Cl)ccc1CBr. The highest BCUT2D eigenvalue weighted by molar-refractivity contribution is 9.08. The van der Waals surface area contributed by atoms with E-state index in [1.807, 2.05) is 42.9 Å². The lowest BCUT2D eigenvalue weighted by Gasteiger charge is -2.47. The second-order valence-corrected chi connectivity index (χ2v) is 21.9. The van der Waals surface area contributed by atoms with Gasteiger partial charge in [0.1, 0.15) is 23.3 Å². The van der Waals surface area contributed by atoms with E-state index in [1.54, 1.807) is 42.9 Å². The maximum atomic E-state index is 12.2. The average molecular weight is 1200 g/mol. The van der Waals surface area contributed by atoms with Crippen molar-refractivity contribution in [1.82, 2.24) is 49.9 Å². The summed E-state index contributed by atoms with van der Waals surface area (Å²) in [5.41, 5.74) is 4.70. The summed E-state index contributed by atoms with van der Waals surface area (Å²) in [4.78, 5) is 60.2. The van der Waals surface area contributed by atoms with Crippen LogP contribution in [0.3, 0.4) is 0 Å². The number of hydrogen-bond donors (Lipinski definition) is 3. The number of nitrogens with zero attached hydrogens (tertiary/aromatic N) is 9. The topological polar surface area (TPSA) is 164 Å². The molecule has 0 aliphatic carbocycles. The molecule has 4 aromatic heterocycles. The fourth-order valence-corrected chi connectivity index (χ4v) is 12.4. The number of hydrogen-bond acceptors (Lipinski definition) is 14. The first kappa shape index (κ1) is 58.3. The van der Waals surface area contributed by atoms with Crippen LogP contribution in [0.1, 0.15) is 84.2 Å². The fourth-order valence-electron chi connectivity index (χ4n) is 11.0. The molecular weight excluding hydrogens is 1130 g/mol. The first-order valence-electron chi connectivity index (χ1n) is 26.5. The number of H-pyrrole nitrogens is 2. The molecule has 3 N–H and O–H groups in total. The molecule has 0 bridgehead atoms. The normalized spacial score (nSPS) is 19.0. The molecule has 0 unspecified atom stereocenters. The Hall–Kier alpha value is -4.82. The van der Waals surface area contributed by atoms with Gasteiger partial charge >= 0.3 is 11.9 Å². The van der Waals surface area contributed by atoms with Gasteiger partial charge in [0, 0.05) is 134 Å². The van der Waals surface area contributed by atoms with Crippen LogP contribution in [0.25, 0.3) is 22.8 Å². The van der Waals surface area contributed by atoms with Crippen LogP contribution >= 0.6 is 62.3 Å². The first-order valence-corrected chi connectivity index (χ1v) is 29.1. The summed E-state index contributed by atoms with van der Waals surface area (Å²) in [5.74, 6) is 2.60. The maximum absolute atomic E-state index is 12.2. The van der Waals surface area contributed by atoms with Gasteiger partial charge in [0.25, 0.3) is 0 Å². The maximum Gasteiger partial charge on any atom is 0.338 e. The number of halogens is 5. The van der Waals surface area contributed by atoms with Gasteiger partial charge < -0.3 is 34.6 Å². The summed E-state index contributed by atoms with van der Waals surface area (Å²) in [7, 11) is 2.75. The molecule has 10 rings (SSSR count). The van der Waals surface area contributed by atoms with Gasteiger partial charge in [0.05, 0.1) is 35.4 Å². The molecule has 8 heterocycles. The number of imidazole rings is 2. The number of piperidine rings is 2. The van der Waals surface area contributed by atoms with Crippen LogP contribution in [0, 0.1) is 0 Å². The average Bonchev–Trinajstić information content (AvgIpc) is 4.24. The number of rotatable bonds is 13. The quantitative estimate of drug-likeness (QED) is 0.0739. The van der Waals surface area contributed by atoms with Crippen molar-refractivity contribution in [2.75, 3.05) is 89.5 Å². The van der Waals surface area contributed by atoms with Crippen molar-refractivity contribution in [2.45, 2.75) is 88.4 Å². The highest BCUT2D eigenvalue weighted by Crippen LogP contribution is 2.34. The van der Waals surface area contributed by atoms with E-state index in [4.69, 9.17) is 56.1 Å². The molecule has 2 atom stereocenters. The van der Waals surface area contributed by atoms with Gasteiger partial charge in [-0.2, -0.15) is 0 Å². The van der Waals surface area contributed by atoms with E-state index >= 15 is 0 Å². The summed E-state index contributed by atoms with van der Waals surface area (Å²) in [5, 5.41) is 6.51. The smallest absolute Gasteiger partial charge is 0.338 e. The highest BCUT2D eigenvalue weighted by Gasteiger charge is 2.35. The van der Waals surface area contributed by atoms with Crippen LogP contribution in [0.15, 0.2) is 85.7 Å². The van der Waals surface area contributed by atoms with Crippen molar-refractivity contribution in [3.63, 3.8) is 0 Å². The minimum Gasteiger partial charge on any atom is -0.465 e. The lowest BCUT2D eigenvalue weighted by Crippen LogP contribution is -2.58. The number of anilines is 2. The van der Waals surface area contributed by atoms with Crippen molar-refractivity contribution in [1.29, 1.82) is 0 Å². The first-order chi connectivity index (χ1) is 37.4. The number of esters is 2. The molecule has 21 heteroatoms. The van der Waals surface area contributed by atoms with E-state index in [0.29, 0.717) is 60.7 Å². The lowest BCUT2D eigenvalue weighted by molar-refractivity contribution is 0.0575. The summed E-state index contributed by atoms with van der Waals surface area (Å²) >= 11 is 28.4. The fraction of sp³-hybridized carbons (Fsp3) is 0.464. The van der Waals surface area contributed by atoms with Crippen molar-refractivity contribution in [3.05, 3.63) is 128 Å². The number of nitrogens with one attached hydrogen (secondary N) is 3. The number of carbonyl (C=O) groups is 2. The number of ether oxygens (including phenoxy) is 2. The van der Waals surface area contributed by atoms with Crippen molar-refractivity contribution in [2.24, 2.45) is 0 Å². The third-order valence-electron chi connectivity index (χ3n) is 15.1. The monoisotopic (exact) mass is 1190 g/mol. The van der Waals surface area contributed by atoms with Crippen LogP contribution in [-0.4, -0.2) is 160 Å². The number of piperazine rings is 2. The van der Waals surface area contributed by atoms with Gasteiger partial charge in [0.15, 0.2) is 0 Å². The van der Waals surface area contributed by atoms with E-state index in [9.17, 15) is 9.59 Å². The molecule has 0 radical (unpaired) electrons. The largest absolute Gasteiger partial charge is 0.465 e. The number of methoxy groups -OCH3 is 2. The van der Waals surface area contributed by atoms with Crippen molar-refractivity contribution in [3.8, 4) is 22.8 Å². The number of carbonyl (C=O) groups excluding carboxylic acids is 2. The number of pyridine rings is 2. The zero-order valence-corrected chi connectivity index (χ0v) is 48.8. The Labute approximate surface area is 480 Å². The van der Waals surface area contributed by atoms with Crippen molar-refractivity contribution < 1.29 is 19.1 Å². The van der Waals surface area contributed by atoms with Gasteiger partial charge in [-0.05, 0) is 112 Å². The van der Waals surface area contributed by atoms with E-state index in [-0.39, 0.29) is 11.9 Å². The molecule has 412 valence electrons. The van der Waals surface area contributed by atoms with E-state index in [2.05, 4.69) is 89.3 Å². The second-order valence-electron chi connectivity index (χ2n) is 19.6. The molecule has 2 aromatic carbocycles. The van der Waals surface area contributed by atoms with E-state index in [0.717, 1.165) is 143 Å². The van der Waals surface area contributed by atoms with Gasteiger partial charge in [-0.15, -0.1) is 0 Å². The summed E-state index contributed by atoms with van der Waals surface area (Å²) in [6, 6.07) is 16.8. The second kappa shape index (κ2) is 28.4.